The fraction of sp³-hybridized carbons (Fsp3) is 0.278. The number of hydrogen-bond donors (Lipinski definition) is 2. The molecule has 5 heteroatoms. The summed E-state index contributed by atoms with van der Waals surface area (Å²) in [4.78, 5) is 27.4. The lowest BCUT2D eigenvalue weighted by Crippen LogP contribution is -2.21. The number of hydrogen-bond acceptors (Lipinski definition) is 3. The van der Waals surface area contributed by atoms with E-state index in [2.05, 4.69) is 29.4 Å². The van der Waals surface area contributed by atoms with E-state index in [-0.39, 0.29) is 22.8 Å². The van der Waals surface area contributed by atoms with E-state index in [4.69, 9.17) is 5.11 Å². The zero-order chi connectivity index (χ0) is 16.2. The van der Waals surface area contributed by atoms with Gasteiger partial charge >= 0.3 is 5.97 Å². The minimum atomic E-state index is -1.03. The lowest BCUT2D eigenvalue weighted by molar-refractivity contribution is -0.118. The number of carboxylic acids is 1. The summed E-state index contributed by atoms with van der Waals surface area (Å²) in [5.74, 6) is -0.378. The Morgan fingerprint density at radius 2 is 2.04 bits per heavy atom. The number of pyridine rings is 1. The molecule has 1 heterocycles. The van der Waals surface area contributed by atoms with Crippen molar-refractivity contribution < 1.29 is 14.7 Å². The summed E-state index contributed by atoms with van der Waals surface area (Å²) in [5.41, 5.74) is 2.64. The summed E-state index contributed by atoms with van der Waals surface area (Å²) in [6.07, 6.45) is 2.19. The van der Waals surface area contributed by atoms with E-state index < -0.39 is 5.97 Å². The van der Waals surface area contributed by atoms with Gasteiger partial charge in [0, 0.05) is 11.6 Å². The van der Waals surface area contributed by atoms with Crippen LogP contribution in [0.25, 0.3) is 0 Å². The zero-order valence-corrected chi connectivity index (χ0v) is 12.6. The Bertz CT molecular complexity index is 815. The molecule has 1 aromatic heterocycles. The maximum Gasteiger partial charge on any atom is 0.337 e. The van der Waals surface area contributed by atoms with Gasteiger partial charge in [-0.1, -0.05) is 31.2 Å². The van der Waals surface area contributed by atoms with E-state index in [9.17, 15) is 9.59 Å². The van der Waals surface area contributed by atoms with Crippen LogP contribution in [0, 0.1) is 11.8 Å². The highest BCUT2D eigenvalue weighted by atomic mass is 16.4. The summed E-state index contributed by atoms with van der Waals surface area (Å²) in [7, 11) is 0. The van der Waals surface area contributed by atoms with Gasteiger partial charge in [-0.3, -0.25) is 4.79 Å². The van der Waals surface area contributed by atoms with E-state index in [1.165, 1.54) is 29.5 Å². The first-order valence-electron chi connectivity index (χ1n) is 7.60. The number of rotatable bonds is 3. The SMILES string of the molecule is C[C@]12c3ccccc3C[C@H]1[C@@H]2C(=O)Nc1ccc(C(=O)O)cn1. The average Bonchev–Trinajstić information content (AvgIpc) is 3.02. The quantitative estimate of drug-likeness (QED) is 0.913. The van der Waals surface area contributed by atoms with Crippen molar-refractivity contribution in [1.82, 2.24) is 4.98 Å². The Labute approximate surface area is 133 Å². The van der Waals surface area contributed by atoms with Crippen molar-refractivity contribution in [3.8, 4) is 0 Å². The monoisotopic (exact) mass is 308 g/mol. The van der Waals surface area contributed by atoms with Crippen LogP contribution in [0.5, 0.6) is 0 Å². The Hall–Kier alpha value is -2.69. The van der Waals surface area contributed by atoms with Crippen LogP contribution in [-0.2, 0) is 16.6 Å². The van der Waals surface area contributed by atoms with Gasteiger partial charge in [-0.2, -0.15) is 0 Å². The smallest absolute Gasteiger partial charge is 0.337 e. The predicted octanol–water partition coefficient (Wildman–Crippen LogP) is 2.48. The maximum atomic E-state index is 12.6. The number of fused-ring (bicyclic) bond motifs is 3. The molecule has 1 fully saturated rings. The minimum absolute atomic E-state index is 0.0393. The molecule has 4 rings (SSSR count). The van der Waals surface area contributed by atoms with Crippen LogP contribution in [-0.4, -0.2) is 22.0 Å². The molecule has 23 heavy (non-hydrogen) atoms. The highest BCUT2D eigenvalue weighted by molar-refractivity contribution is 5.97. The van der Waals surface area contributed by atoms with E-state index in [1.807, 2.05) is 12.1 Å². The predicted molar refractivity (Wildman–Crippen MR) is 84.3 cm³/mol. The van der Waals surface area contributed by atoms with Crippen molar-refractivity contribution in [1.29, 1.82) is 0 Å². The first-order valence-corrected chi connectivity index (χ1v) is 7.60. The summed E-state index contributed by atoms with van der Waals surface area (Å²) < 4.78 is 0. The topological polar surface area (TPSA) is 79.3 Å². The van der Waals surface area contributed by atoms with Gasteiger partial charge in [0.1, 0.15) is 5.82 Å². The number of aromatic nitrogens is 1. The molecular weight excluding hydrogens is 292 g/mol. The number of carbonyl (C=O) groups excluding carboxylic acids is 1. The van der Waals surface area contributed by atoms with Crippen LogP contribution in [0.15, 0.2) is 42.6 Å². The van der Waals surface area contributed by atoms with Crippen molar-refractivity contribution in [3.63, 3.8) is 0 Å². The molecule has 3 atom stereocenters. The highest BCUT2D eigenvalue weighted by Crippen LogP contribution is 2.66. The summed E-state index contributed by atoms with van der Waals surface area (Å²) in [6, 6.07) is 11.3. The lowest BCUT2D eigenvalue weighted by atomic mass is 9.93. The van der Waals surface area contributed by atoms with Gasteiger partial charge in [0.15, 0.2) is 0 Å². The molecule has 116 valence electrons. The molecule has 0 radical (unpaired) electrons. The standard InChI is InChI=1S/C18H16N2O3/c1-18-12-5-3-2-4-10(12)8-13(18)15(18)16(21)20-14-7-6-11(9-19-14)17(22)23/h2-7,9,13,15H,8H2,1H3,(H,22,23)(H,19,20,21)/t13-,15+,18-/m0/s1. The molecule has 2 aliphatic rings. The molecule has 1 saturated carbocycles. The molecule has 0 aliphatic heterocycles. The minimum Gasteiger partial charge on any atom is -0.478 e. The second-order valence-electron chi connectivity index (χ2n) is 6.45. The van der Waals surface area contributed by atoms with Gasteiger partial charge in [-0.15, -0.1) is 0 Å². The van der Waals surface area contributed by atoms with E-state index >= 15 is 0 Å². The summed E-state index contributed by atoms with van der Waals surface area (Å²) >= 11 is 0. The number of carboxylic acid groups (broad SMARTS) is 1. The van der Waals surface area contributed by atoms with Gasteiger partial charge in [-0.25, -0.2) is 9.78 Å². The third-order valence-corrected chi connectivity index (χ3v) is 5.29. The average molecular weight is 308 g/mol. The van der Waals surface area contributed by atoms with Crippen molar-refractivity contribution in [2.75, 3.05) is 5.32 Å². The fourth-order valence-corrected chi connectivity index (χ4v) is 4.01. The molecule has 1 amide bonds. The highest BCUT2D eigenvalue weighted by Gasteiger charge is 2.68. The van der Waals surface area contributed by atoms with Gasteiger partial charge in [0.05, 0.1) is 11.5 Å². The molecule has 5 nitrogen and oxygen atoms in total. The lowest BCUT2D eigenvalue weighted by Gasteiger charge is -2.13. The van der Waals surface area contributed by atoms with Crippen molar-refractivity contribution in [2.45, 2.75) is 18.8 Å². The number of aromatic carboxylic acids is 1. The van der Waals surface area contributed by atoms with Crippen LogP contribution < -0.4 is 5.32 Å². The third kappa shape index (κ3) is 1.96. The first-order chi connectivity index (χ1) is 11.0. The molecule has 0 bridgehead atoms. The van der Waals surface area contributed by atoms with Crippen LogP contribution in [0.2, 0.25) is 0 Å². The second-order valence-corrected chi connectivity index (χ2v) is 6.45. The molecule has 2 aliphatic carbocycles. The Balaban J connectivity index is 1.51. The number of benzene rings is 1. The Morgan fingerprint density at radius 1 is 1.26 bits per heavy atom. The normalized spacial score (nSPS) is 27.0. The number of nitrogens with one attached hydrogen (secondary N) is 1. The van der Waals surface area contributed by atoms with Gasteiger partial charge in [-0.05, 0) is 35.6 Å². The fourth-order valence-electron chi connectivity index (χ4n) is 4.01. The van der Waals surface area contributed by atoms with Crippen LogP contribution in [0.1, 0.15) is 28.4 Å². The third-order valence-electron chi connectivity index (χ3n) is 5.29. The molecule has 0 spiro atoms. The van der Waals surface area contributed by atoms with E-state index in [0.717, 1.165) is 6.42 Å². The molecule has 0 saturated heterocycles. The van der Waals surface area contributed by atoms with Gasteiger partial charge in [0.2, 0.25) is 5.91 Å². The van der Waals surface area contributed by atoms with Gasteiger partial charge in [0.25, 0.3) is 0 Å². The van der Waals surface area contributed by atoms with E-state index in [1.54, 1.807) is 0 Å². The number of anilines is 1. The van der Waals surface area contributed by atoms with Crippen LogP contribution in [0.3, 0.4) is 0 Å². The largest absolute Gasteiger partial charge is 0.478 e. The summed E-state index contributed by atoms with van der Waals surface area (Å²) in [6.45, 7) is 2.15. The van der Waals surface area contributed by atoms with Crippen molar-refractivity contribution in [3.05, 3.63) is 59.3 Å². The van der Waals surface area contributed by atoms with Gasteiger partial charge < -0.3 is 10.4 Å². The Kier molecular flexibility index (Phi) is 2.82. The first kappa shape index (κ1) is 13.9. The van der Waals surface area contributed by atoms with E-state index in [0.29, 0.717) is 11.7 Å². The van der Waals surface area contributed by atoms with Crippen molar-refractivity contribution >= 4 is 17.7 Å². The van der Waals surface area contributed by atoms with Crippen molar-refractivity contribution in [2.24, 2.45) is 11.8 Å². The Morgan fingerprint density at radius 3 is 2.74 bits per heavy atom. The number of amides is 1. The second kappa shape index (κ2) is 4.65. The zero-order valence-electron chi connectivity index (χ0n) is 12.6. The molecular formula is C18H16N2O3. The number of nitrogens with zero attached hydrogens (tertiary/aromatic N) is 1. The summed E-state index contributed by atoms with van der Waals surface area (Å²) in [5, 5.41) is 11.7. The van der Waals surface area contributed by atoms with Crippen LogP contribution >= 0.6 is 0 Å². The molecule has 1 aromatic carbocycles. The maximum absolute atomic E-state index is 12.6. The molecule has 2 N–H and O–H groups in total. The molecule has 2 aromatic rings. The number of carbonyl (C=O) groups is 2. The molecule has 0 unspecified atom stereocenters. The van der Waals surface area contributed by atoms with Crippen LogP contribution in [0.4, 0.5) is 5.82 Å².